The number of aromatic nitrogens is 4. The highest BCUT2D eigenvalue weighted by Crippen LogP contribution is 2.17. The van der Waals surface area contributed by atoms with Gasteiger partial charge < -0.3 is 4.90 Å². The normalized spacial score (nSPS) is 12.0. The highest BCUT2D eigenvalue weighted by atomic mass is 16.2. The summed E-state index contributed by atoms with van der Waals surface area (Å²) in [5.74, 6) is 0.433. The number of likely N-dealkylation sites (N-methyl/N-ethyl adjacent to an activating group) is 1. The maximum Gasteiger partial charge on any atom is 0.346 e. The number of aryl methyl sites for hydroxylation is 2. The van der Waals surface area contributed by atoms with E-state index in [4.69, 9.17) is 0 Å². The minimum atomic E-state index is -0.260. The predicted molar refractivity (Wildman–Crippen MR) is 107 cm³/mol. The Hall–Kier alpha value is -3.22. The lowest BCUT2D eigenvalue weighted by Crippen LogP contribution is -2.36. The molecule has 0 bridgehead atoms. The van der Waals surface area contributed by atoms with E-state index < -0.39 is 0 Å². The lowest BCUT2D eigenvalue weighted by molar-refractivity contribution is -0.132. The van der Waals surface area contributed by atoms with E-state index in [2.05, 4.69) is 10.1 Å². The van der Waals surface area contributed by atoms with Crippen LogP contribution in [0.25, 0.3) is 0 Å². The van der Waals surface area contributed by atoms with Gasteiger partial charge in [-0.25, -0.2) is 9.48 Å². The van der Waals surface area contributed by atoms with Gasteiger partial charge in [0, 0.05) is 26.0 Å². The van der Waals surface area contributed by atoms with Crippen molar-refractivity contribution in [1.82, 2.24) is 24.2 Å². The van der Waals surface area contributed by atoms with E-state index in [1.165, 1.54) is 4.68 Å². The van der Waals surface area contributed by atoms with E-state index in [0.29, 0.717) is 12.4 Å². The van der Waals surface area contributed by atoms with Crippen LogP contribution in [0, 0.1) is 6.92 Å². The van der Waals surface area contributed by atoms with Gasteiger partial charge in [-0.2, -0.15) is 5.10 Å². The second-order valence-corrected chi connectivity index (χ2v) is 6.84. The van der Waals surface area contributed by atoms with Crippen LogP contribution >= 0.6 is 0 Å². The second-order valence-electron chi connectivity index (χ2n) is 6.84. The summed E-state index contributed by atoms with van der Waals surface area (Å²) in [7, 11) is 1.73. The zero-order valence-corrected chi connectivity index (χ0v) is 16.4. The fourth-order valence-electron chi connectivity index (χ4n) is 3.10. The first-order valence-electron chi connectivity index (χ1n) is 9.31. The molecule has 3 rings (SSSR count). The van der Waals surface area contributed by atoms with E-state index in [1.807, 2.05) is 49.4 Å². The van der Waals surface area contributed by atoms with Crippen molar-refractivity contribution in [1.29, 1.82) is 0 Å². The van der Waals surface area contributed by atoms with Crippen LogP contribution in [-0.4, -0.2) is 37.2 Å². The molecule has 7 nitrogen and oxygen atoms in total. The standard InChI is InChI=1S/C21H25N5O2/c1-16(19-10-7-12-22-14-19)24(3)20(27)15-26-21(28)25(17(2)23-26)13-11-18-8-5-4-6-9-18/h4-10,12,14,16H,11,13,15H2,1-3H3/t16-/m0/s1. The maximum absolute atomic E-state index is 12.7. The molecule has 146 valence electrons. The second kappa shape index (κ2) is 8.65. The number of pyridine rings is 1. The number of hydrogen-bond acceptors (Lipinski definition) is 4. The fraction of sp³-hybridized carbons (Fsp3) is 0.333. The van der Waals surface area contributed by atoms with Gasteiger partial charge in [0.2, 0.25) is 5.91 Å². The van der Waals surface area contributed by atoms with E-state index in [9.17, 15) is 9.59 Å². The molecular weight excluding hydrogens is 354 g/mol. The van der Waals surface area contributed by atoms with Crippen molar-refractivity contribution in [2.24, 2.45) is 0 Å². The SMILES string of the molecule is Cc1nn(CC(=O)N(C)[C@@H](C)c2cccnc2)c(=O)n1CCc1ccccc1. The quantitative estimate of drug-likeness (QED) is 0.631. The van der Waals surface area contributed by atoms with Gasteiger partial charge >= 0.3 is 5.69 Å². The summed E-state index contributed by atoms with van der Waals surface area (Å²) in [6.07, 6.45) is 4.17. The third-order valence-electron chi connectivity index (χ3n) is 5.00. The van der Waals surface area contributed by atoms with Gasteiger partial charge in [-0.3, -0.25) is 14.3 Å². The largest absolute Gasteiger partial charge is 0.346 e. The van der Waals surface area contributed by atoms with Gasteiger partial charge in [0.1, 0.15) is 12.4 Å². The van der Waals surface area contributed by atoms with Crippen LogP contribution in [0.5, 0.6) is 0 Å². The molecule has 1 atom stereocenters. The minimum Gasteiger partial charge on any atom is -0.337 e. The summed E-state index contributed by atoms with van der Waals surface area (Å²) in [6, 6.07) is 13.6. The summed E-state index contributed by atoms with van der Waals surface area (Å²) in [6.45, 7) is 4.17. The van der Waals surface area contributed by atoms with Crippen molar-refractivity contribution in [3.05, 3.63) is 82.3 Å². The number of carbonyl (C=O) groups is 1. The van der Waals surface area contributed by atoms with E-state index in [1.54, 1.807) is 35.8 Å². The predicted octanol–water partition coefficient (Wildman–Crippen LogP) is 2.21. The molecule has 28 heavy (non-hydrogen) atoms. The molecule has 0 aliphatic carbocycles. The first-order valence-corrected chi connectivity index (χ1v) is 9.31. The van der Waals surface area contributed by atoms with Gasteiger partial charge in [-0.05, 0) is 37.5 Å². The third-order valence-corrected chi connectivity index (χ3v) is 5.00. The fourth-order valence-corrected chi connectivity index (χ4v) is 3.10. The molecule has 0 fully saturated rings. The summed E-state index contributed by atoms with van der Waals surface area (Å²) in [4.78, 5) is 31.1. The highest BCUT2D eigenvalue weighted by molar-refractivity contribution is 5.76. The zero-order chi connectivity index (χ0) is 20.1. The van der Waals surface area contributed by atoms with Crippen LogP contribution in [-0.2, 0) is 24.3 Å². The number of rotatable bonds is 7. The molecule has 0 aliphatic heterocycles. The lowest BCUT2D eigenvalue weighted by Gasteiger charge is -2.24. The highest BCUT2D eigenvalue weighted by Gasteiger charge is 2.20. The van der Waals surface area contributed by atoms with Crippen LogP contribution < -0.4 is 5.69 Å². The maximum atomic E-state index is 12.7. The molecule has 3 aromatic rings. The molecule has 7 heteroatoms. The lowest BCUT2D eigenvalue weighted by atomic mass is 10.1. The van der Waals surface area contributed by atoms with Gasteiger partial charge in [-0.1, -0.05) is 36.4 Å². The number of amides is 1. The molecule has 0 aliphatic rings. The Bertz CT molecular complexity index is 979. The average molecular weight is 379 g/mol. The minimum absolute atomic E-state index is 0.0842. The molecule has 0 unspecified atom stereocenters. The number of hydrogen-bond donors (Lipinski definition) is 0. The van der Waals surface area contributed by atoms with Crippen LogP contribution in [0.4, 0.5) is 0 Å². The van der Waals surface area contributed by atoms with E-state index in [0.717, 1.165) is 17.5 Å². The number of benzene rings is 1. The van der Waals surface area contributed by atoms with Crippen molar-refractivity contribution in [3.8, 4) is 0 Å². The molecular formula is C21H25N5O2. The summed E-state index contributed by atoms with van der Waals surface area (Å²) >= 11 is 0. The Labute approximate surface area is 164 Å². The molecule has 0 spiro atoms. The van der Waals surface area contributed by atoms with E-state index in [-0.39, 0.29) is 24.2 Å². The Morgan fingerprint density at radius 3 is 2.61 bits per heavy atom. The average Bonchev–Trinajstić information content (AvgIpc) is 2.99. The summed E-state index contributed by atoms with van der Waals surface area (Å²) in [5, 5.41) is 4.28. The van der Waals surface area contributed by atoms with Gasteiger partial charge in [0.05, 0.1) is 6.04 Å². The van der Waals surface area contributed by atoms with Crippen molar-refractivity contribution < 1.29 is 4.79 Å². The van der Waals surface area contributed by atoms with Crippen LogP contribution in [0.1, 0.15) is 29.9 Å². The molecule has 0 radical (unpaired) electrons. The summed E-state index contributed by atoms with van der Waals surface area (Å²) in [5.41, 5.74) is 1.84. The Balaban J connectivity index is 1.69. The molecule has 0 N–H and O–H groups in total. The zero-order valence-electron chi connectivity index (χ0n) is 16.4. The van der Waals surface area contributed by atoms with Gasteiger partial charge in [0.25, 0.3) is 0 Å². The molecule has 2 heterocycles. The van der Waals surface area contributed by atoms with Gasteiger partial charge in [0.15, 0.2) is 0 Å². The van der Waals surface area contributed by atoms with Crippen molar-refractivity contribution in [3.63, 3.8) is 0 Å². The van der Waals surface area contributed by atoms with Crippen LogP contribution in [0.2, 0.25) is 0 Å². The Morgan fingerprint density at radius 1 is 1.18 bits per heavy atom. The van der Waals surface area contributed by atoms with Crippen molar-refractivity contribution in [2.45, 2.75) is 39.4 Å². The van der Waals surface area contributed by atoms with E-state index >= 15 is 0 Å². The van der Waals surface area contributed by atoms with Gasteiger partial charge in [-0.15, -0.1) is 0 Å². The Morgan fingerprint density at radius 2 is 1.93 bits per heavy atom. The molecule has 0 saturated carbocycles. The summed E-state index contributed by atoms with van der Waals surface area (Å²) < 4.78 is 2.86. The molecule has 2 aromatic heterocycles. The van der Waals surface area contributed by atoms with Crippen molar-refractivity contribution >= 4 is 5.91 Å². The molecule has 1 aromatic carbocycles. The third kappa shape index (κ3) is 4.36. The topological polar surface area (TPSA) is 73.0 Å². The Kier molecular flexibility index (Phi) is 6.03. The first kappa shape index (κ1) is 19.5. The first-order chi connectivity index (χ1) is 13.5. The smallest absolute Gasteiger partial charge is 0.337 e. The van der Waals surface area contributed by atoms with Crippen LogP contribution in [0.15, 0.2) is 59.7 Å². The monoisotopic (exact) mass is 379 g/mol. The van der Waals surface area contributed by atoms with Crippen LogP contribution in [0.3, 0.4) is 0 Å². The molecule has 1 amide bonds. The van der Waals surface area contributed by atoms with Crippen molar-refractivity contribution in [2.75, 3.05) is 7.05 Å². The molecule has 0 saturated heterocycles. The number of nitrogens with zero attached hydrogens (tertiary/aromatic N) is 5. The number of carbonyl (C=O) groups excluding carboxylic acids is 1.